The zero-order chi connectivity index (χ0) is 13.9. The van der Waals surface area contributed by atoms with Crippen molar-refractivity contribution in [3.63, 3.8) is 0 Å². The molecule has 1 saturated heterocycles. The second-order valence-corrected chi connectivity index (χ2v) is 5.40. The maximum atomic E-state index is 5.83. The lowest BCUT2D eigenvalue weighted by Gasteiger charge is -2.32. The van der Waals surface area contributed by atoms with E-state index in [1.54, 1.807) is 0 Å². The molecule has 0 amide bonds. The van der Waals surface area contributed by atoms with Gasteiger partial charge < -0.3 is 9.30 Å². The van der Waals surface area contributed by atoms with Crippen LogP contribution < -0.4 is 0 Å². The molecular weight excluding hydrogens is 272 g/mol. The van der Waals surface area contributed by atoms with Crippen LogP contribution in [0.4, 0.5) is 0 Å². The third kappa shape index (κ3) is 2.87. The van der Waals surface area contributed by atoms with Gasteiger partial charge in [0.15, 0.2) is 11.0 Å². The molecule has 1 fully saturated rings. The molecular formula is C14H18N4OS. The Hall–Kier alpha value is -1.37. The molecule has 0 N–H and O–H groups in total. The van der Waals surface area contributed by atoms with Crippen LogP contribution >= 0.6 is 12.6 Å². The van der Waals surface area contributed by atoms with Crippen LogP contribution in [0.15, 0.2) is 35.5 Å². The van der Waals surface area contributed by atoms with Crippen molar-refractivity contribution in [1.29, 1.82) is 0 Å². The summed E-state index contributed by atoms with van der Waals surface area (Å²) in [6, 6.07) is 10.5. The van der Waals surface area contributed by atoms with Crippen LogP contribution in [-0.4, -0.2) is 39.4 Å². The Kier molecular flexibility index (Phi) is 4.05. The van der Waals surface area contributed by atoms with Crippen LogP contribution in [0.2, 0.25) is 0 Å². The van der Waals surface area contributed by atoms with Crippen LogP contribution in [0.3, 0.4) is 0 Å². The van der Waals surface area contributed by atoms with Crippen molar-refractivity contribution in [3.8, 4) is 0 Å². The summed E-state index contributed by atoms with van der Waals surface area (Å²) in [5, 5.41) is 8.76. The summed E-state index contributed by atoms with van der Waals surface area (Å²) < 4.78 is 7.70. The van der Waals surface area contributed by atoms with Gasteiger partial charge in [-0.2, -0.15) is 0 Å². The molecule has 106 valence electrons. The Morgan fingerprint density at radius 2 is 2.10 bits per heavy atom. The Morgan fingerprint density at radius 1 is 1.30 bits per heavy atom. The molecule has 0 aliphatic carbocycles. The largest absolute Gasteiger partial charge is 0.368 e. The minimum Gasteiger partial charge on any atom is -0.368 e. The van der Waals surface area contributed by atoms with Gasteiger partial charge in [0.25, 0.3) is 0 Å². The van der Waals surface area contributed by atoms with Crippen molar-refractivity contribution in [2.24, 2.45) is 7.05 Å². The Balaban J connectivity index is 1.69. The topological polar surface area (TPSA) is 43.2 Å². The number of aromatic nitrogens is 3. The van der Waals surface area contributed by atoms with Gasteiger partial charge in [0, 0.05) is 26.7 Å². The fraction of sp³-hybridized carbons (Fsp3) is 0.429. The second kappa shape index (κ2) is 5.95. The first kappa shape index (κ1) is 13.6. The molecule has 1 atom stereocenters. The number of morpholine rings is 1. The number of ether oxygens (including phenoxy) is 1. The molecule has 2 heterocycles. The average Bonchev–Trinajstić information content (AvgIpc) is 2.80. The first-order chi connectivity index (χ1) is 9.74. The molecule has 2 aromatic rings. The number of hydrogen-bond acceptors (Lipinski definition) is 5. The molecule has 1 aliphatic heterocycles. The molecule has 0 spiro atoms. The molecule has 6 heteroatoms. The highest BCUT2D eigenvalue weighted by Gasteiger charge is 2.26. The highest BCUT2D eigenvalue weighted by molar-refractivity contribution is 7.80. The quantitative estimate of drug-likeness (QED) is 0.874. The maximum Gasteiger partial charge on any atom is 0.187 e. The standard InChI is InChI=1S/C14H18N4OS/c1-17-13(15-16-14(17)20)12-10-18(7-8-19-12)9-11-5-3-2-4-6-11/h2-6,12H,7-10H2,1H3,(H,16,20). The molecule has 1 unspecified atom stereocenters. The van der Waals surface area contributed by atoms with Crippen LogP contribution in [0.1, 0.15) is 17.5 Å². The normalized spacial score (nSPS) is 20.2. The summed E-state index contributed by atoms with van der Waals surface area (Å²) in [5.41, 5.74) is 1.32. The van der Waals surface area contributed by atoms with Gasteiger partial charge in [-0.25, -0.2) is 0 Å². The Morgan fingerprint density at radius 3 is 2.80 bits per heavy atom. The van der Waals surface area contributed by atoms with E-state index in [-0.39, 0.29) is 6.10 Å². The molecule has 1 aromatic heterocycles. The monoisotopic (exact) mass is 290 g/mol. The van der Waals surface area contributed by atoms with Crippen molar-refractivity contribution in [2.45, 2.75) is 17.8 Å². The molecule has 20 heavy (non-hydrogen) atoms. The predicted molar refractivity (Wildman–Crippen MR) is 78.7 cm³/mol. The van der Waals surface area contributed by atoms with E-state index in [4.69, 9.17) is 4.74 Å². The van der Waals surface area contributed by atoms with Crippen molar-refractivity contribution < 1.29 is 4.74 Å². The average molecular weight is 290 g/mol. The fourth-order valence-corrected chi connectivity index (χ4v) is 2.60. The van der Waals surface area contributed by atoms with E-state index in [9.17, 15) is 0 Å². The second-order valence-electron chi connectivity index (χ2n) is 5.00. The summed E-state index contributed by atoms with van der Waals surface area (Å²) in [4.78, 5) is 2.39. The highest BCUT2D eigenvalue weighted by atomic mass is 32.1. The lowest BCUT2D eigenvalue weighted by atomic mass is 10.2. The number of rotatable bonds is 3. The lowest BCUT2D eigenvalue weighted by molar-refractivity contribution is -0.0387. The van der Waals surface area contributed by atoms with E-state index in [2.05, 4.69) is 52.0 Å². The third-order valence-corrected chi connectivity index (χ3v) is 3.96. The molecule has 5 nitrogen and oxygen atoms in total. The van der Waals surface area contributed by atoms with Crippen LogP contribution in [-0.2, 0) is 18.3 Å². The van der Waals surface area contributed by atoms with Gasteiger partial charge in [-0.15, -0.1) is 22.8 Å². The Labute approximate surface area is 124 Å². The molecule has 0 radical (unpaired) electrons. The summed E-state index contributed by atoms with van der Waals surface area (Å²) >= 11 is 4.26. The van der Waals surface area contributed by atoms with Gasteiger partial charge in [-0.05, 0) is 5.56 Å². The predicted octanol–water partition coefficient (Wildman–Crippen LogP) is 1.68. The highest BCUT2D eigenvalue weighted by Crippen LogP contribution is 2.22. The number of nitrogens with zero attached hydrogens (tertiary/aromatic N) is 4. The summed E-state index contributed by atoms with van der Waals surface area (Å²) in [5.74, 6) is 0.841. The van der Waals surface area contributed by atoms with Gasteiger partial charge >= 0.3 is 0 Å². The maximum absolute atomic E-state index is 5.83. The molecule has 1 aromatic carbocycles. The minimum atomic E-state index is -0.0362. The zero-order valence-corrected chi connectivity index (χ0v) is 12.3. The van der Waals surface area contributed by atoms with Gasteiger partial charge in [0.05, 0.1) is 6.61 Å². The van der Waals surface area contributed by atoms with Gasteiger partial charge in [-0.1, -0.05) is 30.3 Å². The van der Waals surface area contributed by atoms with Crippen molar-refractivity contribution in [3.05, 3.63) is 41.7 Å². The summed E-state index contributed by atoms with van der Waals surface area (Å²) in [6.07, 6.45) is -0.0362. The lowest BCUT2D eigenvalue weighted by Crippen LogP contribution is -2.38. The summed E-state index contributed by atoms with van der Waals surface area (Å²) in [6.45, 7) is 3.42. The number of thiol groups is 1. The van der Waals surface area contributed by atoms with E-state index < -0.39 is 0 Å². The van der Waals surface area contributed by atoms with Crippen molar-refractivity contribution in [1.82, 2.24) is 19.7 Å². The Bertz CT molecular complexity index is 572. The van der Waals surface area contributed by atoms with Gasteiger partial charge in [-0.3, -0.25) is 4.90 Å². The van der Waals surface area contributed by atoms with E-state index in [0.717, 1.165) is 25.5 Å². The van der Waals surface area contributed by atoms with Crippen molar-refractivity contribution in [2.75, 3.05) is 19.7 Å². The molecule has 0 bridgehead atoms. The van der Waals surface area contributed by atoms with Crippen LogP contribution in [0, 0.1) is 0 Å². The van der Waals surface area contributed by atoms with E-state index in [1.807, 2.05) is 17.7 Å². The van der Waals surface area contributed by atoms with E-state index in [0.29, 0.717) is 11.8 Å². The first-order valence-corrected chi connectivity index (χ1v) is 7.15. The van der Waals surface area contributed by atoms with E-state index >= 15 is 0 Å². The first-order valence-electron chi connectivity index (χ1n) is 6.70. The number of benzene rings is 1. The third-order valence-electron chi connectivity index (χ3n) is 3.57. The SMILES string of the molecule is Cn1c(S)nnc1C1CN(Cc2ccccc2)CCO1. The van der Waals surface area contributed by atoms with Crippen molar-refractivity contribution >= 4 is 12.6 Å². The van der Waals surface area contributed by atoms with E-state index in [1.165, 1.54) is 5.56 Å². The van der Waals surface area contributed by atoms with Gasteiger partial charge in [0.2, 0.25) is 0 Å². The van der Waals surface area contributed by atoms with Crippen LogP contribution in [0.25, 0.3) is 0 Å². The molecule has 1 aliphatic rings. The summed E-state index contributed by atoms with van der Waals surface area (Å²) in [7, 11) is 1.91. The molecule has 3 rings (SSSR count). The van der Waals surface area contributed by atoms with Crippen LogP contribution in [0.5, 0.6) is 0 Å². The molecule has 0 saturated carbocycles. The zero-order valence-electron chi connectivity index (χ0n) is 11.4. The smallest absolute Gasteiger partial charge is 0.187 e. The fourth-order valence-electron chi connectivity index (χ4n) is 2.46. The van der Waals surface area contributed by atoms with Gasteiger partial charge in [0.1, 0.15) is 6.10 Å². The minimum absolute atomic E-state index is 0.0362. The number of hydrogen-bond donors (Lipinski definition) is 1.